The normalized spacial score (nSPS) is 8.77. The molecule has 0 spiro atoms. The van der Waals surface area contributed by atoms with E-state index >= 15 is 0 Å². The quantitative estimate of drug-likeness (QED) is 0.609. The van der Waals surface area contributed by atoms with Crippen molar-refractivity contribution in [2.75, 3.05) is 6.54 Å². The van der Waals surface area contributed by atoms with Gasteiger partial charge in [-0.25, -0.2) is 0 Å². The Balaban J connectivity index is 2.44. The molecule has 4 nitrogen and oxygen atoms in total. The van der Waals surface area contributed by atoms with E-state index in [0.29, 0.717) is 12.2 Å². The molecule has 0 aromatic carbocycles. The van der Waals surface area contributed by atoms with Crippen molar-refractivity contribution in [2.45, 2.75) is 6.92 Å². The largest absolute Gasteiger partial charge is 0.345 e. The maximum absolute atomic E-state index is 10.5. The lowest BCUT2D eigenvalue weighted by Crippen LogP contribution is -2.19. The minimum atomic E-state index is -0.0738. The number of aryl methyl sites for hydroxylation is 1. The third-order valence-corrected chi connectivity index (χ3v) is 1.36. The van der Waals surface area contributed by atoms with Gasteiger partial charge >= 0.3 is 0 Å². The number of carbonyl (C=O) groups excluding carboxylic acids is 1. The van der Waals surface area contributed by atoms with E-state index in [2.05, 4.69) is 22.3 Å². The summed E-state index contributed by atoms with van der Waals surface area (Å²) in [5, 5.41) is 6.63. The Morgan fingerprint density at radius 1 is 1.77 bits per heavy atom. The molecule has 1 amide bonds. The van der Waals surface area contributed by atoms with Crippen LogP contribution < -0.4 is 5.32 Å². The fourth-order valence-corrected chi connectivity index (χ4v) is 0.785. The van der Waals surface area contributed by atoms with Crippen molar-refractivity contribution in [1.29, 1.82) is 0 Å². The van der Waals surface area contributed by atoms with Gasteiger partial charge in [-0.05, 0) is 12.0 Å². The highest BCUT2D eigenvalue weighted by molar-refractivity contribution is 5.73. The minimum Gasteiger partial charge on any atom is -0.345 e. The molecule has 0 aliphatic rings. The van der Waals surface area contributed by atoms with Gasteiger partial charge < -0.3 is 5.32 Å². The van der Waals surface area contributed by atoms with Crippen molar-refractivity contribution >= 4 is 5.91 Å². The lowest BCUT2D eigenvalue weighted by molar-refractivity contribution is -0.118. The van der Waals surface area contributed by atoms with Gasteiger partial charge in [0.15, 0.2) is 0 Å². The van der Waals surface area contributed by atoms with Gasteiger partial charge in [0.25, 0.3) is 0 Å². The summed E-state index contributed by atoms with van der Waals surface area (Å²) in [4.78, 5) is 10.5. The highest BCUT2D eigenvalue weighted by Gasteiger charge is 1.89. The molecule has 1 aromatic rings. The number of rotatable bonds is 1. The van der Waals surface area contributed by atoms with Crippen LogP contribution in [0.2, 0.25) is 0 Å². The van der Waals surface area contributed by atoms with Gasteiger partial charge in [-0.3, -0.25) is 9.48 Å². The van der Waals surface area contributed by atoms with Gasteiger partial charge in [0.2, 0.25) is 5.91 Å². The summed E-state index contributed by atoms with van der Waals surface area (Å²) in [5.74, 6) is 5.54. The van der Waals surface area contributed by atoms with Crippen LogP contribution in [-0.4, -0.2) is 22.2 Å². The van der Waals surface area contributed by atoms with Crippen LogP contribution in [0.4, 0.5) is 0 Å². The molecule has 0 saturated heterocycles. The summed E-state index contributed by atoms with van der Waals surface area (Å²) >= 11 is 0. The summed E-state index contributed by atoms with van der Waals surface area (Å²) in [6, 6.07) is 1.82. The summed E-state index contributed by atoms with van der Waals surface area (Å²) in [6.45, 7) is 1.83. The summed E-state index contributed by atoms with van der Waals surface area (Å²) < 4.78 is 1.68. The lowest BCUT2D eigenvalue weighted by Gasteiger charge is -1.90. The van der Waals surface area contributed by atoms with Gasteiger partial charge in [0.05, 0.1) is 6.54 Å². The Bertz CT molecular complexity index is 356. The molecule has 1 heterocycles. The smallest absolute Gasteiger partial charge is 0.217 e. The number of amides is 1. The first kappa shape index (κ1) is 9.33. The van der Waals surface area contributed by atoms with Crippen LogP contribution in [0, 0.1) is 11.8 Å². The van der Waals surface area contributed by atoms with Crippen molar-refractivity contribution in [3.8, 4) is 11.8 Å². The van der Waals surface area contributed by atoms with E-state index in [1.807, 2.05) is 19.3 Å². The molecule has 0 unspecified atom stereocenters. The van der Waals surface area contributed by atoms with Crippen molar-refractivity contribution < 1.29 is 4.79 Å². The number of carbonyl (C=O) groups is 1. The zero-order valence-corrected chi connectivity index (χ0v) is 7.66. The van der Waals surface area contributed by atoms with E-state index < -0.39 is 0 Å². The maximum Gasteiger partial charge on any atom is 0.217 e. The molecule has 0 aliphatic heterocycles. The third kappa shape index (κ3) is 3.43. The van der Waals surface area contributed by atoms with Gasteiger partial charge in [0, 0.05) is 20.2 Å². The van der Waals surface area contributed by atoms with Crippen LogP contribution in [0.5, 0.6) is 0 Å². The third-order valence-electron chi connectivity index (χ3n) is 1.36. The Kier molecular flexibility index (Phi) is 3.09. The Morgan fingerprint density at radius 2 is 2.54 bits per heavy atom. The molecule has 4 heteroatoms. The van der Waals surface area contributed by atoms with E-state index in [1.165, 1.54) is 6.92 Å². The van der Waals surface area contributed by atoms with Crippen molar-refractivity contribution in [1.82, 2.24) is 15.1 Å². The van der Waals surface area contributed by atoms with E-state index in [4.69, 9.17) is 0 Å². The molecule has 1 aromatic heterocycles. The highest BCUT2D eigenvalue weighted by Crippen LogP contribution is 1.89. The Morgan fingerprint density at radius 3 is 3.08 bits per heavy atom. The Labute approximate surface area is 76.9 Å². The van der Waals surface area contributed by atoms with Crippen LogP contribution in [0.1, 0.15) is 12.6 Å². The average Bonchev–Trinajstić information content (AvgIpc) is 2.45. The number of hydrogen-bond donors (Lipinski definition) is 1. The van der Waals surface area contributed by atoms with Crippen LogP contribution in [-0.2, 0) is 11.8 Å². The standard InChI is InChI=1S/C9H11N3O/c1-8(13)10-6-3-4-9-5-7-12(2)11-9/h5,7H,6H2,1-2H3,(H,10,13). The first-order valence-corrected chi connectivity index (χ1v) is 3.91. The number of hydrogen-bond acceptors (Lipinski definition) is 2. The summed E-state index contributed by atoms with van der Waals surface area (Å²) in [6.07, 6.45) is 1.82. The van der Waals surface area contributed by atoms with E-state index in [9.17, 15) is 4.79 Å². The van der Waals surface area contributed by atoms with Crippen molar-refractivity contribution in [3.63, 3.8) is 0 Å². The predicted molar refractivity (Wildman–Crippen MR) is 48.8 cm³/mol. The van der Waals surface area contributed by atoms with Crippen LogP contribution in [0.3, 0.4) is 0 Å². The van der Waals surface area contributed by atoms with Gasteiger partial charge in [-0.2, -0.15) is 5.10 Å². The Hall–Kier alpha value is -1.76. The number of aromatic nitrogens is 2. The van der Waals surface area contributed by atoms with E-state index in [0.717, 1.165) is 0 Å². The summed E-state index contributed by atoms with van der Waals surface area (Å²) in [7, 11) is 1.83. The molecule has 0 bridgehead atoms. The molecule has 0 radical (unpaired) electrons. The lowest BCUT2D eigenvalue weighted by atomic mass is 10.4. The average molecular weight is 177 g/mol. The highest BCUT2D eigenvalue weighted by atomic mass is 16.1. The molecule has 0 fully saturated rings. The van der Waals surface area contributed by atoms with Crippen LogP contribution >= 0.6 is 0 Å². The van der Waals surface area contributed by atoms with E-state index in [-0.39, 0.29) is 5.91 Å². The molecule has 0 atom stereocenters. The summed E-state index contributed by atoms with van der Waals surface area (Å²) in [5.41, 5.74) is 0.716. The zero-order chi connectivity index (χ0) is 9.68. The van der Waals surface area contributed by atoms with Crippen LogP contribution in [0.25, 0.3) is 0 Å². The van der Waals surface area contributed by atoms with Crippen molar-refractivity contribution in [2.24, 2.45) is 7.05 Å². The first-order chi connectivity index (χ1) is 6.18. The molecular formula is C9H11N3O. The first-order valence-electron chi connectivity index (χ1n) is 3.91. The van der Waals surface area contributed by atoms with Gasteiger partial charge in [0.1, 0.15) is 5.69 Å². The van der Waals surface area contributed by atoms with Crippen molar-refractivity contribution in [3.05, 3.63) is 18.0 Å². The molecule has 68 valence electrons. The number of nitrogens with one attached hydrogen (secondary N) is 1. The molecule has 13 heavy (non-hydrogen) atoms. The molecule has 1 N–H and O–H groups in total. The second kappa shape index (κ2) is 4.31. The fourth-order valence-electron chi connectivity index (χ4n) is 0.785. The second-order valence-corrected chi connectivity index (χ2v) is 2.59. The molecular weight excluding hydrogens is 166 g/mol. The zero-order valence-electron chi connectivity index (χ0n) is 7.66. The van der Waals surface area contributed by atoms with Gasteiger partial charge in [-0.15, -0.1) is 0 Å². The minimum absolute atomic E-state index is 0.0738. The van der Waals surface area contributed by atoms with E-state index in [1.54, 1.807) is 4.68 Å². The molecule has 0 aliphatic carbocycles. The van der Waals surface area contributed by atoms with Crippen LogP contribution in [0.15, 0.2) is 12.3 Å². The molecule has 0 saturated carbocycles. The predicted octanol–water partition coefficient (Wildman–Crippen LogP) is -0.0923. The monoisotopic (exact) mass is 177 g/mol. The SMILES string of the molecule is CC(=O)NCC#Cc1ccn(C)n1. The maximum atomic E-state index is 10.5. The van der Waals surface area contributed by atoms with Gasteiger partial charge in [-0.1, -0.05) is 5.92 Å². The number of nitrogens with zero attached hydrogens (tertiary/aromatic N) is 2. The second-order valence-electron chi connectivity index (χ2n) is 2.59. The fraction of sp³-hybridized carbons (Fsp3) is 0.333. The molecule has 1 rings (SSSR count). The topological polar surface area (TPSA) is 46.9 Å².